The van der Waals surface area contributed by atoms with E-state index < -0.39 is 0 Å². The molecule has 4 fully saturated rings. The van der Waals surface area contributed by atoms with Crippen LogP contribution in [0, 0.1) is 23.2 Å². The summed E-state index contributed by atoms with van der Waals surface area (Å²) < 4.78 is 0. The Hall–Kier alpha value is -2.41. The summed E-state index contributed by atoms with van der Waals surface area (Å²) in [5.41, 5.74) is 1.96. The molecular weight excluding hydrogens is 388 g/mol. The predicted molar refractivity (Wildman–Crippen MR) is 125 cm³/mol. The Morgan fingerprint density at radius 2 is 2.13 bits per heavy atom. The monoisotopic (exact) mass is 422 g/mol. The third kappa shape index (κ3) is 3.63. The standard InChI is InChI=1S/C24H34N6O/c1-14-12-30(8-7-25-14)23(29-20-10-16-9-19(15(20)2)24(16,3)4)28-17-5-6-18-21(11-17)26-13-27-22(18)31/h5-6,11,13-16,19-20,25H,7-10,12H2,1-4H3,(H,28,29)(H,26,27,31)/t14-,15-,16+,19-,20-/m0/s1. The maximum atomic E-state index is 12.0. The summed E-state index contributed by atoms with van der Waals surface area (Å²) >= 11 is 0. The predicted octanol–water partition coefficient (Wildman–Crippen LogP) is 3.06. The number of nitrogens with zero attached hydrogens (tertiary/aromatic N) is 3. The number of aromatic amines is 1. The maximum Gasteiger partial charge on any atom is 0.258 e. The van der Waals surface area contributed by atoms with E-state index >= 15 is 0 Å². The van der Waals surface area contributed by atoms with Gasteiger partial charge in [0.2, 0.25) is 0 Å². The van der Waals surface area contributed by atoms with Gasteiger partial charge in [0.1, 0.15) is 0 Å². The molecule has 0 amide bonds. The van der Waals surface area contributed by atoms with Crippen molar-refractivity contribution in [2.24, 2.45) is 28.2 Å². The summed E-state index contributed by atoms with van der Waals surface area (Å²) in [4.78, 5) is 26.7. The lowest BCUT2D eigenvalue weighted by Gasteiger charge is -2.61. The number of anilines is 1. The molecule has 0 unspecified atom stereocenters. The van der Waals surface area contributed by atoms with Crippen LogP contribution in [0.15, 0.2) is 34.3 Å². The van der Waals surface area contributed by atoms with Gasteiger partial charge in [-0.3, -0.25) is 4.79 Å². The fourth-order valence-electron chi connectivity index (χ4n) is 6.04. The molecule has 7 nitrogen and oxygen atoms in total. The van der Waals surface area contributed by atoms with Crippen molar-refractivity contribution in [2.75, 3.05) is 25.0 Å². The van der Waals surface area contributed by atoms with Crippen molar-refractivity contribution in [2.45, 2.75) is 52.6 Å². The van der Waals surface area contributed by atoms with E-state index in [-0.39, 0.29) is 5.56 Å². The smallest absolute Gasteiger partial charge is 0.258 e. The highest BCUT2D eigenvalue weighted by Gasteiger charge is 2.56. The van der Waals surface area contributed by atoms with Crippen molar-refractivity contribution in [3.8, 4) is 0 Å². The van der Waals surface area contributed by atoms with E-state index in [1.807, 2.05) is 18.2 Å². The van der Waals surface area contributed by atoms with Gasteiger partial charge in [-0.15, -0.1) is 0 Å². The average Bonchev–Trinajstić information content (AvgIpc) is 2.74. The van der Waals surface area contributed by atoms with Gasteiger partial charge in [0.05, 0.1) is 23.3 Å². The first-order chi connectivity index (χ1) is 14.8. The van der Waals surface area contributed by atoms with Crippen LogP contribution in [-0.2, 0) is 0 Å². The summed E-state index contributed by atoms with van der Waals surface area (Å²) in [5.74, 6) is 3.09. The Bertz CT molecular complexity index is 1060. The molecule has 4 aliphatic rings. The minimum absolute atomic E-state index is 0.112. The zero-order valence-corrected chi connectivity index (χ0v) is 19.0. The number of nitrogens with one attached hydrogen (secondary N) is 3. The van der Waals surface area contributed by atoms with Gasteiger partial charge in [-0.1, -0.05) is 20.8 Å². The second kappa shape index (κ2) is 7.62. The number of hydrogen-bond donors (Lipinski definition) is 3. The molecule has 0 spiro atoms. The van der Waals surface area contributed by atoms with Gasteiger partial charge >= 0.3 is 0 Å². The first kappa shape index (κ1) is 20.5. The number of hydrogen-bond acceptors (Lipinski definition) is 4. The minimum atomic E-state index is -0.112. The van der Waals surface area contributed by atoms with Gasteiger partial charge in [-0.25, -0.2) is 9.98 Å². The van der Waals surface area contributed by atoms with Gasteiger partial charge in [-0.05, 0) is 61.1 Å². The number of fused-ring (bicyclic) bond motifs is 3. The van der Waals surface area contributed by atoms with E-state index in [1.165, 1.54) is 19.2 Å². The topological polar surface area (TPSA) is 85.4 Å². The number of benzene rings is 1. The SMILES string of the molecule is C[C@@H]1[C@@H](N=C(Nc2ccc3c(=O)[nH]cnc3c2)N2CCN[C@@H](C)C2)C[C@H]2C[C@@H]1C2(C)C. The second-order valence-corrected chi connectivity index (χ2v) is 10.4. The van der Waals surface area contributed by atoms with Crippen molar-refractivity contribution in [3.63, 3.8) is 0 Å². The van der Waals surface area contributed by atoms with Crippen LogP contribution in [0.25, 0.3) is 10.9 Å². The Morgan fingerprint density at radius 1 is 1.29 bits per heavy atom. The van der Waals surface area contributed by atoms with E-state index in [0.717, 1.165) is 43.1 Å². The number of H-pyrrole nitrogens is 1. The van der Waals surface area contributed by atoms with Gasteiger partial charge in [0.15, 0.2) is 5.96 Å². The molecule has 166 valence electrons. The summed E-state index contributed by atoms with van der Waals surface area (Å²) in [6, 6.07) is 6.50. The normalized spacial score (nSPS) is 32.6. The molecular formula is C24H34N6O. The average molecular weight is 423 g/mol. The van der Waals surface area contributed by atoms with Crippen molar-refractivity contribution in [1.29, 1.82) is 0 Å². The molecule has 2 aromatic rings. The molecule has 1 saturated heterocycles. The Balaban J connectivity index is 1.45. The van der Waals surface area contributed by atoms with E-state index in [0.29, 0.717) is 34.3 Å². The molecule has 3 N–H and O–H groups in total. The van der Waals surface area contributed by atoms with Crippen molar-refractivity contribution in [1.82, 2.24) is 20.2 Å². The highest BCUT2D eigenvalue weighted by Crippen LogP contribution is 2.61. The summed E-state index contributed by atoms with van der Waals surface area (Å²) in [7, 11) is 0. The Kier molecular flexibility index (Phi) is 5.04. The van der Waals surface area contributed by atoms with Crippen LogP contribution in [0.1, 0.15) is 40.5 Å². The largest absolute Gasteiger partial charge is 0.340 e. The maximum absolute atomic E-state index is 12.0. The first-order valence-electron chi connectivity index (χ1n) is 11.6. The molecule has 7 heteroatoms. The highest BCUT2D eigenvalue weighted by molar-refractivity contribution is 5.96. The van der Waals surface area contributed by atoms with Gasteiger partial charge < -0.3 is 20.5 Å². The van der Waals surface area contributed by atoms with Gasteiger partial charge in [0, 0.05) is 31.4 Å². The summed E-state index contributed by atoms with van der Waals surface area (Å²) in [6.45, 7) is 12.3. The zero-order valence-electron chi connectivity index (χ0n) is 19.0. The number of rotatable bonds is 2. The van der Waals surface area contributed by atoms with Crippen molar-refractivity contribution >= 4 is 22.5 Å². The molecule has 0 radical (unpaired) electrons. The Labute approximate surface area is 183 Å². The molecule has 2 bridgehead atoms. The van der Waals surface area contributed by atoms with Crippen LogP contribution in [0.4, 0.5) is 5.69 Å². The van der Waals surface area contributed by atoms with Crippen LogP contribution in [0.5, 0.6) is 0 Å². The lowest BCUT2D eigenvalue weighted by Crippen LogP contribution is -2.57. The van der Waals surface area contributed by atoms with E-state index in [9.17, 15) is 4.79 Å². The molecule has 1 aromatic carbocycles. The zero-order chi connectivity index (χ0) is 21.8. The second-order valence-electron chi connectivity index (χ2n) is 10.4. The van der Waals surface area contributed by atoms with Crippen LogP contribution < -0.4 is 16.2 Å². The molecule has 1 aliphatic heterocycles. The van der Waals surface area contributed by atoms with Crippen LogP contribution in [0.2, 0.25) is 0 Å². The van der Waals surface area contributed by atoms with Crippen LogP contribution >= 0.6 is 0 Å². The van der Waals surface area contributed by atoms with Crippen LogP contribution in [0.3, 0.4) is 0 Å². The molecule has 3 saturated carbocycles. The third-order valence-electron chi connectivity index (χ3n) is 8.17. The summed E-state index contributed by atoms with van der Waals surface area (Å²) in [6.07, 6.45) is 3.99. The van der Waals surface area contributed by atoms with Crippen LogP contribution in [-0.4, -0.2) is 52.5 Å². The number of aliphatic imine (C=N–C) groups is 1. The molecule has 2 heterocycles. The molecule has 3 aliphatic carbocycles. The van der Waals surface area contributed by atoms with Gasteiger partial charge in [-0.2, -0.15) is 0 Å². The molecule has 1 aromatic heterocycles. The quantitative estimate of drug-likeness (QED) is 0.512. The lowest BCUT2D eigenvalue weighted by molar-refractivity contribution is -0.108. The van der Waals surface area contributed by atoms with Gasteiger partial charge in [0.25, 0.3) is 5.56 Å². The van der Waals surface area contributed by atoms with E-state index in [4.69, 9.17) is 4.99 Å². The van der Waals surface area contributed by atoms with Crippen molar-refractivity contribution in [3.05, 3.63) is 34.9 Å². The van der Waals surface area contributed by atoms with E-state index in [2.05, 4.69) is 53.2 Å². The molecule has 6 rings (SSSR count). The molecule has 5 atom stereocenters. The minimum Gasteiger partial charge on any atom is -0.340 e. The fraction of sp³-hybridized carbons (Fsp3) is 0.625. The lowest BCUT2D eigenvalue weighted by atomic mass is 9.45. The van der Waals surface area contributed by atoms with E-state index in [1.54, 1.807) is 0 Å². The highest BCUT2D eigenvalue weighted by atomic mass is 16.1. The molecule has 31 heavy (non-hydrogen) atoms. The summed E-state index contributed by atoms with van der Waals surface area (Å²) in [5, 5.41) is 7.72. The third-order valence-corrected chi connectivity index (χ3v) is 8.17. The number of piperazine rings is 1. The van der Waals surface area contributed by atoms with Crippen molar-refractivity contribution < 1.29 is 0 Å². The first-order valence-corrected chi connectivity index (χ1v) is 11.6. The fourth-order valence-corrected chi connectivity index (χ4v) is 6.04. The Morgan fingerprint density at radius 3 is 2.87 bits per heavy atom. The number of aromatic nitrogens is 2. The number of guanidine groups is 1.